The zero-order valence-corrected chi connectivity index (χ0v) is 8.45. The van der Waals surface area contributed by atoms with E-state index in [2.05, 4.69) is 0 Å². The summed E-state index contributed by atoms with van der Waals surface area (Å²) in [4.78, 5) is 0. The Morgan fingerprint density at radius 2 is 1.85 bits per heavy atom. The van der Waals surface area contributed by atoms with Crippen LogP contribution in [0.2, 0.25) is 0 Å². The lowest BCUT2D eigenvalue weighted by atomic mass is 9.76. The van der Waals surface area contributed by atoms with Crippen LogP contribution in [0.4, 0.5) is 0 Å². The largest absolute Gasteiger partial charge is 0.393 e. The maximum Gasteiger partial charge on any atom is 0.0543 e. The summed E-state index contributed by atoms with van der Waals surface area (Å²) in [6.07, 6.45) is 7.14. The van der Waals surface area contributed by atoms with Crippen LogP contribution in [0.3, 0.4) is 0 Å². The Morgan fingerprint density at radius 3 is 2.62 bits per heavy atom. The molecule has 74 valence electrons. The lowest BCUT2D eigenvalue weighted by Gasteiger charge is -2.30. The Bertz CT molecular complexity index is 211. The molecule has 0 spiro atoms. The van der Waals surface area contributed by atoms with Crippen molar-refractivity contribution in [3.05, 3.63) is 0 Å². The fourth-order valence-electron chi connectivity index (χ4n) is 4.69. The maximum atomic E-state index is 9.73. The molecule has 1 nitrogen and oxygen atoms in total. The summed E-state index contributed by atoms with van der Waals surface area (Å²) in [5.41, 5.74) is 0. The summed E-state index contributed by atoms with van der Waals surface area (Å²) in [5, 5.41) is 9.73. The summed E-state index contributed by atoms with van der Waals surface area (Å²) >= 11 is 0. The van der Waals surface area contributed by atoms with Crippen molar-refractivity contribution in [2.45, 2.75) is 45.1 Å². The van der Waals surface area contributed by atoms with Gasteiger partial charge in [-0.1, -0.05) is 0 Å². The van der Waals surface area contributed by atoms with E-state index in [1.165, 1.54) is 32.1 Å². The maximum absolute atomic E-state index is 9.73. The molecule has 3 aliphatic carbocycles. The normalized spacial score (nSPS) is 55.4. The molecule has 0 saturated heterocycles. The zero-order valence-electron chi connectivity index (χ0n) is 8.45. The first-order valence-corrected chi connectivity index (χ1v) is 5.95. The molecule has 0 aromatic rings. The van der Waals surface area contributed by atoms with Crippen molar-refractivity contribution in [3.63, 3.8) is 0 Å². The van der Waals surface area contributed by atoms with E-state index in [0.717, 1.165) is 23.7 Å². The number of hydrogen-bond donors (Lipinski definition) is 1. The molecule has 0 radical (unpaired) electrons. The van der Waals surface area contributed by atoms with Gasteiger partial charge in [0, 0.05) is 0 Å². The smallest absolute Gasteiger partial charge is 0.0543 e. The van der Waals surface area contributed by atoms with Gasteiger partial charge in [-0.3, -0.25) is 0 Å². The highest BCUT2D eigenvalue weighted by Gasteiger charge is 2.53. The minimum Gasteiger partial charge on any atom is -0.393 e. The van der Waals surface area contributed by atoms with Crippen molar-refractivity contribution in [2.24, 2.45) is 29.6 Å². The van der Waals surface area contributed by atoms with Crippen molar-refractivity contribution in [1.82, 2.24) is 0 Å². The van der Waals surface area contributed by atoms with Crippen LogP contribution in [0.5, 0.6) is 0 Å². The topological polar surface area (TPSA) is 20.2 Å². The van der Waals surface area contributed by atoms with E-state index in [9.17, 15) is 5.11 Å². The van der Waals surface area contributed by atoms with E-state index in [4.69, 9.17) is 0 Å². The second-order valence-corrected chi connectivity index (χ2v) is 5.56. The lowest BCUT2D eigenvalue weighted by molar-refractivity contribution is 0.0736. The van der Waals surface area contributed by atoms with Gasteiger partial charge in [-0.2, -0.15) is 0 Å². The van der Waals surface area contributed by atoms with Crippen LogP contribution in [-0.4, -0.2) is 11.2 Å². The minimum atomic E-state index is -0.0469. The first-order chi connectivity index (χ1) is 6.27. The number of aliphatic hydroxyl groups excluding tert-OH is 1. The summed E-state index contributed by atoms with van der Waals surface area (Å²) < 4.78 is 0. The van der Waals surface area contributed by atoms with Gasteiger partial charge in [0.2, 0.25) is 0 Å². The summed E-state index contributed by atoms with van der Waals surface area (Å²) in [7, 11) is 0. The van der Waals surface area contributed by atoms with E-state index in [1.54, 1.807) is 0 Å². The molecule has 3 saturated carbocycles. The van der Waals surface area contributed by atoms with Gasteiger partial charge in [0.25, 0.3) is 0 Å². The van der Waals surface area contributed by atoms with Gasteiger partial charge in [-0.05, 0) is 68.6 Å². The fourth-order valence-corrected chi connectivity index (χ4v) is 4.69. The van der Waals surface area contributed by atoms with Crippen molar-refractivity contribution >= 4 is 0 Å². The highest BCUT2D eigenvalue weighted by Crippen LogP contribution is 2.61. The third kappa shape index (κ3) is 1.03. The standard InChI is InChI=1S/C12H20O/c1-7(13)10-4-5-11-8-2-3-9(6-8)12(10)11/h7-13H,2-6H2,1H3. The molecule has 3 rings (SSSR count). The third-order valence-corrected chi connectivity index (χ3v) is 5.11. The van der Waals surface area contributed by atoms with Gasteiger partial charge in [0.05, 0.1) is 6.10 Å². The molecule has 6 atom stereocenters. The van der Waals surface area contributed by atoms with Crippen LogP contribution in [0, 0.1) is 29.6 Å². The molecule has 1 N–H and O–H groups in total. The average molecular weight is 180 g/mol. The van der Waals surface area contributed by atoms with E-state index < -0.39 is 0 Å². The molecule has 3 fully saturated rings. The average Bonchev–Trinajstić information content (AvgIpc) is 2.76. The molecule has 2 bridgehead atoms. The van der Waals surface area contributed by atoms with Gasteiger partial charge >= 0.3 is 0 Å². The quantitative estimate of drug-likeness (QED) is 0.657. The zero-order chi connectivity index (χ0) is 9.00. The molecule has 1 heteroatoms. The Kier molecular flexibility index (Phi) is 1.74. The van der Waals surface area contributed by atoms with Crippen LogP contribution in [0.25, 0.3) is 0 Å². The molecule has 0 amide bonds. The van der Waals surface area contributed by atoms with Crippen LogP contribution in [0.1, 0.15) is 39.0 Å². The van der Waals surface area contributed by atoms with E-state index in [0.29, 0.717) is 5.92 Å². The molecule has 0 aromatic heterocycles. The molecule has 6 unspecified atom stereocenters. The lowest BCUT2D eigenvalue weighted by Crippen LogP contribution is -2.28. The molecule has 0 heterocycles. The van der Waals surface area contributed by atoms with Gasteiger partial charge in [-0.15, -0.1) is 0 Å². The fraction of sp³-hybridized carbons (Fsp3) is 1.00. The highest BCUT2D eigenvalue weighted by atomic mass is 16.3. The van der Waals surface area contributed by atoms with Crippen LogP contribution < -0.4 is 0 Å². The first-order valence-electron chi connectivity index (χ1n) is 5.95. The SMILES string of the molecule is CC(O)C1CCC2C3CCC(C3)C12. The molecule has 13 heavy (non-hydrogen) atoms. The summed E-state index contributed by atoms with van der Waals surface area (Å²) in [6, 6.07) is 0. The van der Waals surface area contributed by atoms with Crippen LogP contribution >= 0.6 is 0 Å². The van der Waals surface area contributed by atoms with Crippen LogP contribution in [-0.2, 0) is 0 Å². The van der Waals surface area contributed by atoms with E-state index in [-0.39, 0.29) is 6.10 Å². The summed E-state index contributed by atoms with van der Waals surface area (Å²) in [5.74, 6) is 4.63. The van der Waals surface area contributed by atoms with Crippen molar-refractivity contribution in [2.75, 3.05) is 0 Å². The van der Waals surface area contributed by atoms with E-state index >= 15 is 0 Å². The summed E-state index contributed by atoms with van der Waals surface area (Å²) in [6.45, 7) is 2.00. The van der Waals surface area contributed by atoms with Gasteiger partial charge < -0.3 is 5.11 Å². The van der Waals surface area contributed by atoms with E-state index in [1.807, 2.05) is 6.92 Å². The second kappa shape index (κ2) is 2.73. The predicted molar refractivity (Wildman–Crippen MR) is 52.2 cm³/mol. The Labute approximate surface area is 80.5 Å². The van der Waals surface area contributed by atoms with Crippen molar-refractivity contribution < 1.29 is 5.11 Å². The molecule has 3 aliphatic rings. The highest BCUT2D eigenvalue weighted by molar-refractivity contribution is 5.03. The van der Waals surface area contributed by atoms with Crippen molar-refractivity contribution in [1.29, 1.82) is 0 Å². The number of fused-ring (bicyclic) bond motifs is 5. The molecule has 0 aromatic carbocycles. The predicted octanol–water partition coefficient (Wildman–Crippen LogP) is 2.44. The number of hydrogen-bond acceptors (Lipinski definition) is 1. The monoisotopic (exact) mass is 180 g/mol. The Morgan fingerprint density at radius 1 is 1.08 bits per heavy atom. The number of aliphatic hydroxyl groups is 1. The third-order valence-electron chi connectivity index (χ3n) is 5.11. The Balaban J connectivity index is 1.83. The van der Waals surface area contributed by atoms with Gasteiger partial charge in [0.15, 0.2) is 0 Å². The van der Waals surface area contributed by atoms with Gasteiger partial charge in [-0.25, -0.2) is 0 Å². The second-order valence-electron chi connectivity index (χ2n) is 5.56. The number of rotatable bonds is 1. The van der Waals surface area contributed by atoms with Gasteiger partial charge in [0.1, 0.15) is 0 Å². The molecule has 0 aliphatic heterocycles. The molecular formula is C12H20O. The van der Waals surface area contributed by atoms with Crippen molar-refractivity contribution in [3.8, 4) is 0 Å². The molecular weight excluding hydrogens is 160 g/mol. The first kappa shape index (κ1) is 8.28. The van der Waals surface area contributed by atoms with Crippen LogP contribution in [0.15, 0.2) is 0 Å². The minimum absolute atomic E-state index is 0.0469. The Hall–Kier alpha value is -0.0400.